The van der Waals surface area contributed by atoms with Crippen molar-refractivity contribution in [2.24, 2.45) is 0 Å². The monoisotopic (exact) mass is 368 g/mol. The Hall–Kier alpha value is -2.75. The number of carbonyl (C=O) groups is 1. The van der Waals surface area contributed by atoms with Crippen molar-refractivity contribution in [2.75, 3.05) is 13.2 Å². The molecule has 0 spiro atoms. The molecule has 144 valence electrons. The van der Waals surface area contributed by atoms with E-state index < -0.39 is 0 Å². The molecular formula is C23H28O4. The quantitative estimate of drug-likeness (QED) is 0.526. The number of phenols is 1. The van der Waals surface area contributed by atoms with E-state index in [0.717, 1.165) is 16.9 Å². The first-order chi connectivity index (χ1) is 12.8. The van der Waals surface area contributed by atoms with Crippen LogP contribution in [-0.4, -0.2) is 24.1 Å². The van der Waals surface area contributed by atoms with Crippen LogP contribution >= 0.6 is 0 Å². The van der Waals surface area contributed by atoms with Gasteiger partial charge < -0.3 is 14.6 Å². The van der Waals surface area contributed by atoms with Crippen molar-refractivity contribution >= 4 is 11.9 Å². The van der Waals surface area contributed by atoms with Gasteiger partial charge in [0, 0.05) is 11.1 Å². The van der Waals surface area contributed by atoms with Crippen molar-refractivity contribution in [3.8, 4) is 17.2 Å². The van der Waals surface area contributed by atoms with Crippen LogP contribution in [0.15, 0.2) is 42.5 Å². The number of benzene rings is 2. The lowest BCUT2D eigenvalue weighted by atomic mass is 9.84. The van der Waals surface area contributed by atoms with Gasteiger partial charge in [-0.25, -0.2) is 0 Å². The summed E-state index contributed by atoms with van der Waals surface area (Å²) in [4.78, 5) is 12.5. The van der Waals surface area contributed by atoms with E-state index in [1.807, 2.05) is 26.0 Å². The predicted molar refractivity (Wildman–Crippen MR) is 109 cm³/mol. The van der Waals surface area contributed by atoms with Crippen LogP contribution in [0, 0.1) is 0 Å². The number of carbonyl (C=O) groups excluding carboxylic acids is 1. The summed E-state index contributed by atoms with van der Waals surface area (Å²) in [5.41, 5.74) is 2.22. The van der Waals surface area contributed by atoms with E-state index in [9.17, 15) is 9.90 Å². The fourth-order valence-corrected chi connectivity index (χ4v) is 2.79. The van der Waals surface area contributed by atoms with Crippen LogP contribution in [0.1, 0.15) is 56.1 Å². The second-order valence-corrected chi connectivity index (χ2v) is 7.21. The minimum absolute atomic E-state index is 0.112. The maximum absolute atomic E-state index is 12.5. The summed E-state index contributed by atoms with van der Waals surface area (Å²) < 4.78 is 11.7. The lowest BCUT2D eigenvalue weighted by Gasteiger charge is -2.25. The van der Waals surface area contributed by atoms with Crippen LogP contribution in [0.2, 0.25) is 0 Å². The molecule has 2 aromatic rings. The highest BCUT2D eigenvalue weighted by Gasteiger charge is 2.23. The van der Waals surface area contributed by atoms with Gasteiger partial charge in [-0.3, -0.25) is 4.79 Å². The van der Waals surface area contributed by atoms with E-state index in [2.05, 4.69) is 20.8 Å². The van der Waals surface area contributed by atoms with Crippen molar-refractivity contribution in [1.82, 2.24) is 0 Å². The molecule has 0 saturated heterocycles. The summed E-state index contributed by atoms with van der Waals surface area (Å²) in [6.45, 7) is 11.3. The van der Waals surface area contributed by atoms with E-state index in [1.54, 1.807) is 18.2 Å². The molecule has 0 aromatic heterocycles. The van der Waals surface area contributed by atoms with E-state index in [4.69, 9.17) is 9.47 Å². The van der Waals surface area contributed by atoms with Gasteiger partial charge in [0.2, 0.25) is 0 Å². The second kappa shape index (κ2) is 8.76. The molecule has 0 aliphatic carbocycles. The number of ketones is 1. The molecule has 0 unspecified atom stereocenters. The average Bonchev–Trinajstić information content (AvgIpc) is 2.61. The number of rotatable bonds is 7. The Kier molecular flexibility index (Phi) is 6.67. The van der Waals surface area contributed by atoms with Crippen molar-refractivity contribution in [3.63, 3.8) is 0 Å². The van der Waals surface area contributed by atoms with Crippen molar-refractivity contribution in [3.05, 3.63) is 59.2 Å². The largest absolute Gasteiger partial charge is 0.508 e. The number of allylic oxidation sites excluding steroid dienone is 1. The molecule has 0 saturated carbocycles. The molecule has 1 N–H and O–H groups in total. The van der Waals surface area contributed by atoms with Gasteiger partial charge in [-0.15, -0.1) is 0 Å². The van der Waals surface area contributed by atoms with E-state index in [-0.39, 0.29) is 16.9 Å². The number of hydrogen-bond donors (Lipinski definition) is 1. The standard InChI is InChI=1S/C23H28O4/c1-6-26-21-15-13-19(23(3,4)5)22(27-7-2)18(21)12-14-20(25)16-8-10-17(24)11-9-16/h8-15,24H,6-7H2,1-5H3/b14-12+. The first kappa shape index (κ1) is 20.6. The number of ether oxygens (including phenoxy) is 2. The highest BCUT2D eigenvalue weighted by atomic mass is 16.5. The number of phenolic OH excluding ortho intramolecular Hbond substituents is 1. The van der Waals surface area contributed by atoms with Gasteiger partial charge in [-0.2, -0.15) is 0 Å². The first-order valence-electron chi connectivity index (χ1n) is 9.22. The van der Waals surface area contributed by atoms with E-state index in [1.165, 1.54) is 18.2 Å². The number of aromatic hydroxyl groups is 1. The molecule has 27 heavy (non-hydrogen) atoms. The predicted octanol–water partition coefficient (Wildman–Crippen LogP) is 5.38. The molecular weight excluding hydrogens is 340 g/mol. The number of hydrogen-bond acceptors (Lipinski definition) is 4. The topological polar surface area (TPSA) is 55.8 Å². The fourth-order valence-electron chi connectivity index (χ4n) is 2.79. The molecule has 4 nitrogen and oxygen atoms in total. The zero-order chi connectivity index (χ0) is 20.0. The van der Waals surface area contributed by atoms with Crippen LogP contribution in [0.5, 0.6) is 17.2 Å². The first-order valence-corrected chi connectivity index (χ1v) is 9.22. The molecule has 0 aliphatic rings. The van der Waals surface area contributed by atoms with Crippen LogP contribution in [-0.2, 0) is 5.41 Å². The van der Waals surface area contributed by atoms with Crippen LogP contribution in [0.4, 0.5) is 0 Å². The highest BCUT2D eigenvalue weighted by Crippen LogP contribution is 2.40. The molecule has 0 heterocycles. The third-order valence-corrected chi connectivity index (χ3v) is 4.11. The minimum atomic E-state index is -0.152. The van der Waals surface area contributed by atoms with Gasteiger partial charge in [0.1, 0.15) is 17.2 Å². The summed E-state index contributed by atoms with van der Waals surface area (Å²) >= 11 is 0. The molecule has 0 fully saturated rings. The summed E-state index contributed by atoms with van der Waals surface area (Å²) in [6.07, 6.45) is 3.26. The van der Waals surface area contributed by atoms with Gasteiger partial charge in [-0.1, -0.05) is 26.8 Å². The van der Waals surface area contributed by atoms with E-state index in [0.29, 0.717) is 24.5 Å². The van der Waals surface area contributed by atoms with E-state index >= 15 is 0 Å². The van der Waals surface area contributed by atoms with Gasteiger partial charge in [0.05, 0.1) is 18.8 Å². The second-order valence-electron chi connectivity index (χ2n) is 7.21. The smallest absolute Gasteiger partial charge is 0.185 e. The van der Waals surface area contributed by atoms with Gasteiger partial charge in [0.15, 0.2) is 5.78 Å². The minimum Gasteiger partial charge on any atom is -0.508 e. The SMILES string of the molecule is CCOc1ccc(C(C)(C)C)c(OCC)c1/C=C/C(=O)c1ccc(O)cc1. The maximum atomic E-state index is 12.5. The molecule has 0 atom stereocenters. The third kappa shape index (κ3) is 5.13. The van der Waals surface area contributed by atoms with Gasteiger partial charge in [-0.05, 0) is 61.7 Å². The highest BCUT2D eigenvalue weighted by molar-refractivity contribution is 6.07. The lowest BCUT2D eigenvalue weighted by Crippen LogP contribution is -2.15. The molecule has 2 rings (SSSR count). The molecule has 0 aliphatic heterocycles. The van der Waals surface area contributed by atoms with Gasteiger partial charge in [0.25, 0.3) is 0 Å². The summed E-state index contributed by atoms with van der Waals surface area (Å²) in [7, 11) is 0. The fraction of sp³-hybridized carbons (Fsp3) is 0.348. The summed E-state index contributed by atoms with van der Waals surface area (Å²) in [5.74, 6) is 1.40. The average molecular weight is 368 g/mol. The Bertz CT molecular complexity index is 812. The maximum Gasteiger partial charge on any atom is 0.185 e. The zero-order valence-electron chi connectivity index (χ0n) is 16.7. The van der Waals surface area contributed by atoms with Crippen LogP contribution < -0.4 is 9.47 Å². The summed E-state index contributed by atoms with van der Waals surface area (Å²) in [6, 6.07) is 10.1. The Morgan fingerprint density at radius 3 is 2.19 bits per heavy atom. The molecule has 4 heteroatoms. The van der Waals surface area contributed by atoms with Crippen LogP contribution in [0.25, 0.3) is 6.08 Å². The molecule has 0 radical (unpaired) electrons. The van der Waals surface area contributed by atoms with Gasteiger partial charge >= 0.3 is 0 Å². The van der Waals surface area contributed by atoms with Crippen LogP contribution in [0.3, 0.4) is 0 Å². The van der Waals surface area contributed by atoms with Crippen molar-refractivity contribution < 1.29 is 19.4 Å². The molecule has 2 aromatic carbocycles. The molecule has 0 bridgehead atoms. The normalized spacial score (nSPS) is 11.6. The van der Waals surface area contributed by atoms with Crippen molar-refractivity contribution in [1.29, 1.82) is 0 Å². The lowest BCUT2D eigenvalue weighted by molar-refractivity contribution is 0.104. The van der Waals surface area contributed by atoms with Crippen molar-refractivity contribution in [2.45, 2.75) is 40.0 Å². The Balaban J connectivity index is 2.51. The Morgan fingerprint density at radius 2 is 1.63 bits per heavy atom. The Morgan fingerprint density at radius 1 is 1.00 bits per heavy atom. The Labute approximate surface area is 161 Å². The third-order valence-electron chi connectivity index (χ3n) is 4.11. The molecule has 0 amide bonds. The summed E-state index contributed by atoms with van der Waals surface area (Å²) in [5, 5.41) is 9.38. The zero-order valence-corrected chi connectivity index (χ0v) is 16.7.